The van der Waals surface area contributed by atoms with Crippen molar-refractivity contribution in [2.75, 3.05) is 0 Å². The highest BCUT2D eigenvalue weighted by Gasteiger charge is 3.11. The number of hydrogen-bond donors (Lipinski definition) is 0. The van der Waals surface area contributed by atoms with E-state index in [1.807, 2.05) is 6.26 Å². The fourth-order valence-corrected chi connectivity index (χ4v) is 15.6. The molecule has 11 aromatic rings. The van der Waals surface area contributed by atoms with Gasteiger partial charge in [0.15, 0.2) is 6.20 Å². The molecule has 0 aliphatic carbocycles. The maximum atomic E-state index is 6.39. The van der Waals surface area contributed by atoms with Gasteiger partial charge in [-0.25, -0.2) is 0 Å². The summed E-state index contributed by atoms with van der Waals surface area (Å²) in [4.78, 5) is 0. The summed E-state index contributed by atoms with van der Waals surface area (Å²) in [5.41, 5.74) is 27.7. The van der Waals surface area contributed by atoms with E-state index in [2.05, 4.69) is 283 Å². The van der Waals surface area contributed by atoms with Crippen LogP contribution in [-0.2, 0) is 27.1 Å². The van der Waals surface area contributed by atoms with Crippen molar-refractivity contribution < 1.29 is 9.09 Å². The molecule has 3 aromatic heterocycles. The lowest BCUT2D eigenvalue weighted by Crippen LogP contribution is -2.74. The first-order chi connectivity index (χ1) is 38.8. The molecule has 0 bridgehead atoms. The van der Waals surface area contributed by atoms with Crippen LogP contribution in [0.15, 0.2) is 181 Å². The van der Waals surface area contributed by atoms with Gasteiger partial charge in [-0.15, -0.1) is 0 Å². The average molecular weight is 1070 g/mol. The van der Waals surface area contributed by atoms with Gasteiger partial charge in [0.2, 0.25) is 16.9 Å². The van der Waals surface area contributed by atoms with Crippen molar-refractivity contribution in [1.82, 2.24) is 18.3 Å². The number of hydrogen-bond acceptors (Lipinski definition) is 1. The number of fused-ring (bicyclic) bond motifs is 12. The van der Waals surface area contributed by atoms with Crippen molar-refractivity contribution in [3.63, 3.8) is 0 Å². The molecule has 82 heavy (non-hydrogen) atoms. The van der Waals surface area contributed by atoms with E-state index >= 15 is 0 Å². The molecule has 8 aromatic carbocycles. The first kappa shape index (κ1) is 49.9. The van der Waals surface area contributed by atoms with Crippen LogP contribution in [0.4, 0.5) is 34.1 Å². The molecule has 5 aliphatic heterocycles. The minimum Gasteiger partial charge on any atom is -0.464 e. The smallest absolute Gasteiger partial charge is 0.464 e. The molecule has 4 atom stereocenters. The van der Waals surface area contributed by atoms with Crippen LogP contribution in [0.5, 0.6) is 0 Å². The summed E-state index contributed by atoms with van der Waals surface area (Å²) in [6.45, 7) is 35.6. The van der Waals surface area contributed by atoms with Gasteiger partial charge in [-0.05, 0) is 149 Å². The first-order valence-corrected chi connectivity index (χ1v) is 29.9. The number of benzene rings is 8. The van der Waals surface area contributed by atoms with Gasteiger partial charge in [0.1, 0.15) is 11.1 Å². The molecule has 5 aliphatic rings. The lowest BCUT2D eigenvalue weighted by molar-refractivity contribution is -0.793. The van der Waals surface area contributed by atoms with Crippen LogP contribution in [-0.4, -0.2) is 10.9 Å². The first-order valence-electron chi connectivity index (χ1n) is 29.9. The lowest BCUT2D eigenvalue weighted by atomic mass is 9.77. The van der Waals surface area contributed by atoms with Gasteiger partial charge in [0.05, 0.1) is 17.4 Å². The molecule has 406 valence electrons. The van der Waals surface area contributed by atoms with Gasteiger partial charge in [0.25, 0.3) is 22.7 Å². The van der Waals surface area contributed by atoms with Crippen molar-refractivity contribution in [3.8, 4) is 50.3 Å². The number of rotatable bonds is 3. The molecular weight excluding hydrogens is 999 g/mol. The Balaban J connectivity index is 1.14. The maximum absolute atomic E-state index is 6.39. The molecule has 1 fully saturated rings. The fourth-order valence-electron chi connectivity index (χ4n) is 15.6. The molecule has 6 nitrogen and oxygen atoms in total. The van der Waals surface area contributed by atoms with Gasteiger partial charge in [0, 0.05) is 65.3 Å². The zero-order valence-corrected chi connectivity index (χ0v) is 50.5. The standard InChI is InChI=1S/C76H75N5O/c1-72(2,3)48-32-34-77-66(43-48)78-61-26-17-16-22-55(61)56-30-31-58-60-44-65-45(33-35-82-65)40-59(60)57-25-21-29-64-69(57)79(77,70(58)67(56)78)71-80(64)62-27-18-19-28-63(62)81(71,80)68-53(46-36-49(73(4,5)6)41-50(37-46)74(7,8)9)23-20-24-54(68)47-38-51(75(10,11)12)42-52(39-47)76(13,14)15/h16-44,71H,1-15H3/q+4. The van der Waals surface area contributed by atoms with Crippen LogP contribution >= 0.6 is 0 Å². The largest absolute Gasteiger partial charge is 0.498 e. The van der Waals surface area contributed by atoms with Gasteiger partial charge in [-0.2, -0.15) is 4.57 Å². The van der Waals surface area contributed by atoms with Crippen LogP contribution in [0.25, 0.3) is 83.1 Å². The van der Waals surface area contributed by atoms with E-state index in [-0.39, 0.29) is 33.4 Å². The maximum Gasteiger partial charge on any atom is 0.498 e. The molecule has 1 saturated heterocycles. The van der Waals surface area contributed by atoms with Crippen LogP contribution in [0.2, 0.25) is 0 Å². The quantitative estimate of drug-likeness (QED) is 0.0982. The van der Waals surface area contributed by atoms with Gasteiger partial charge < -0.3 is 4.42 Å². The van der Waals surface area contributed by atoms with E-state index < -0.39 is 0 Å². The Morgan fingerprint density at radius 1 is 0.402 bits per heavy atom. The minimum absolute atomic E-state index is 0.0938. The van der Waals surface area contributed by atoms with Crippen molar-refractivity contribution in [3.05, 3.63) is 204 Å². The summed E-state index contributed by atoms with van der Waals surface area (Å²) in [5, 5.41) is 3.64. The topological polar surface area (TPSA) is 21.9 Å². The Morgan fingerprint density at radius 3 is 1.54 bits per heavy atom. The third-order valence-corrected chi connectivity index (χ3v) is 19.8. The molecule has 0 saturated carbocycles. The van der Waals surface area contributed by atoms with Crippen molar-refractivity contribution in [1.29, 1.82) is 0 Å². The Kier molecular flexibility index (Phi) is 9.38. The number of pyridine rings is 1. The Hall–Kier alpha value is -7.87. The summed E-state index contributed by atoms with van der Waals surface area (Å²) < 4.78 is 13.4. The van der Waals surface area contributed by atoms with E-state index in [0.29, 0.717) is 13.8 Å². The van der Waals surface area contributed by atoms with Crippen LogP contribution < -0.4 is 18.5 Å². The second kappa shape index (κ2) is 15.4. The van der Waals surface area contributed by atoms with Crippen LogP contribution in [0.3, 0.4) is 0 Å². The number of nitrogens with zero attached hydrogens (tertiary/aromatic N) is 5. The molecule has 0 radical (unpaired) electrons. The summed E-state index contributed by atoms with van der Waals surface area (Å²) >= 11 is 0. The van der Waals surface area contributed by atoms with Gasteiger partial charge >= 0.3 is 12.1 Å². The monoisotopic (exact) mass is 1070 g/mol. The predicted octanol–water partition coefficient (Wildman–Crippen LogP) is 20.2. The Labute approximate surface area is 483 Å². The Bertz CT molecular complexity index is 4530. The molecule has 8 heterocycles. The van der Waals surface area contributed by atoms with Gasteiger partial charge in [-0.1, -0.05) is 177 Å². The molecule has 6 heteroatoms. The highest BCUT2D eigenvalue weighted by atomic mass is 16.3. The Morgan fingerprint density at radius 2 is 0.927 bits per heavy atom. The summed E-state index contributed by atoms with van der Waals surface area (Å²) in [6, 6.07) is 65.2. The van der Waals surface area contributed by atoms with E-state index in [4.69, 9.17) is 4.42 Å². The summed E-state index contributed by atoms with van der Waals surface area (Å²) in [6.07, 6.45) is 4.16. The fraction of sp³-hybridized carbons (Fsp3) is 0.276. The second-order valence-electron chi connectivity index (χ2n) is 29.8. The zero-order valence-electron chi connectivity index (χ0n) is 50.5. The number of quaternary nitrogens is 3. The number of furan rings is 1. The molecule has 16 rings (SSSR count). The van der Waals surface area contributed by atoms with E-state index in [1.165, 1.54) is 134 Å². The van der Waals surface area contributed by atoms with Crippen LogP contribution in [0.1, 0.15) is 132 Å². The summed E-state index contributed by atoms with van der Waals surface area (Å²) in [7, 11) is 0. The minimum atomic E-state index is -0.174. The van der Waals surface area contributed by atoms with Crippen molar-refractivity contribution >= 4 is 66.9 Å². The zero-order chi connectivity index (χ0) is 57.0. The second-order valence-corrected chi connectivity index (χ2v) is 29.8. The molecule has 0 amide bonds. The van der Waals surface area contributed by atoms with Crippen molar-refractivity contribution in [2.45, 2.75) is 137 Å². The summed E-state index contributed by atoms with van der Waals surface area (Å²) in [5.74, 6) is 1.17. The highest BCUT2D eigenvalue weighted by Crippen LogP contribution is 2.86. The van der Waals surface area contributed by atoms with E-state index in [0.717, 1.165) is 11.0 Å². The molecule has 4 unspecified atom stereocenters. The van der Waals surface area contributed by atoms with Crippen molar-refractivity contribution in [2.24, 2.45) is 0 Å². The molecular formula is C76H75N5O+4. The lowest BCUT2D eigenvalue weighted by Gasteiger charge is -2.35. The van der Waals surface area contributed by atoms with E-state index in [1.54, 1.807) is 0 Å². The molecule has 2 spiro atoms. The normalized spacial score (nSPS) is 20.9. The number of para-hydroxylation sites is 5. The average Bonchev–Trinajstić information content (AvgIpc) is 1.39. The predicted molar refractivity (Wildman–Crippen MR) is 342 cm³/mol. The highest BCUT2D eigenvalue weighted by molar-refractivity contribution is 6.21. The SMILES string of the molecule is CC(C)(C)c1cc(-c2cccc(-c3cc(C(C)(C)C)cc(C(C)(C)C)c3)c2[N+]23c4ccccc4[N+]24c2cccc5c2[N+]2(c6c(ccc7c8ccccc8n(c67)-c6cc(C(C)(C)C)cc[n+]62)-c2cc6occc6cc2-5)C43)cc(C(C)(C)C)c1. The third-order valence-electron chi connectivity index (χ3n) is 19.8. The van der Waals surface area contributed by atoms with Crippen LogP contribution in [0, 0.1) is 0 Å². The number of aromatic nitrogens is 2. The third kappa shape index (κ3) is 5.98. The van der Waals surface area contributed by atoms with E-state index in [9.17, 15) is 0 Å². The van der Waals surface area contributed by atoms with Gasteiger partial charge in [-0.3, -0.25) is 0 Å². The molecule has 0 N–H and O–H groups in total.